The molecule has 116 valence electrons. The Morgan fingerprint density at radius 3 is 2.81 bits per heavy atom. The average molecular weight is 311 g/mol. The molecular formula is C16H23ClN2O2. The standard InChI is InChI=1S/C16H23ClN2O2/c1-3-21-12(2)10-18-16(20)19(14-8-9-14)11-13-6-4-5-7-15(13)17/h4-7,12,14H,3,8-11H2,1-2H3,(H,18,20). The number of nitrogens with one attached hydrogen (secondary N) is 1. The number of rotatable bonds is 7. The molecule has 1 aliphatic carbocycles. The second-order valence-corrected chi connectivity index (χ2v) is 5.81. The minimum atomic E-state index is -0.0380. The monoisotopic (exact) mass is 310 g/mol. The van der Waals surface area contributed by atoms with E-state index in [9.17, 15) is 4.79 Å². The summed E-state index contributed by atoms with van der Waals surface area (Å²) in [6, 6.07) is 7.97. The topological polar surface area (TPSA) is 41.6 Å². The second kappa shape index (κ2) is 7.66. The molecule has 2 rings (SSSR count). The van der Waals surface area contributed by atoms with Gasteiger partial charge in [-0.05, 0) is 38.3 Å². The van der Waals surface area contributed by atoms with E-state index in [-0.39, 0.29) is 12.1 Å². The summed E-state index contributed by atoms with van der Waals surface area (Å²) in [5.74, 6) is 0. The van der Waals surface area contributed by atoms with Gasteiger partial charge in [-0.1, -0.05) is 29.8 Å². The molecule has 21 heavy (non-hydrogen) atoms. The van der Waals surface area contributed by atoms with E-state index in [2.05, 4.69) is 5.32 Å². The zero-order chi connectivity index (χ0) is 15.2. The highest BCUT2D eigenvalue weighted by molar-refractivity contribution is 6.31. The van der Waals surface area contributed by atoms with Crippen molar-refractivity contribution in [2.75, 3.05) is 13.2 Å². The van der Waals surface area contributed by atoms with Crippen LogP contribution in [0.3, 0.4) is 0 Å². The lowest BCUT2D eigenvalue weighted by molar-refractivity contribution is 0.0758. The van der Waals surface area contributed by atoms with Crippen LogP contribution in [0.2, 0.25) is 5.02 Å². The largest absolute Gasteiger partial charge is 0.377 e. The summed E-state index contributed by atoms with van der Waals surface area (Å²) < 4.78 is 5.43. The number of halogens is 1. The molecule has 1 saturated carbocycles. The smallest absolute Gasteiger partial charge is 0.318 e. The highest BCUT2D eigenvalue weighted by Gasteiger charge is 2.32. The third-order valence-electron chi connectivity index (χ3n) is 3.54. The summed E-state index contributed by atoms with van der Waals surface area (Å²) in [5.41, 5.74) is 0.985. The van der Waals surface area contributed by atoms with Gasteiger partial charge in [0.05, 0.1) is 6.10 Å². The number of ether oxygens (including phenoxy) is 1. The first-order valence-corrected chi connectivity index (χ1v) is 7.89. The molecule has 1 fully saturated rings. The Hall–Kier alpha value is -1.26. The second-order valence-electron chi connectivity index (χ2n) is 5.40. The Bertz CT molecular complexity index is 477. The van der Waals surface area contributed by atoms with Crippen LogP contribution in [0, 0.1) is 0 Å². The fourth-order valence-corrected chi connectivity index (χ4v) is 2.43. The van der Waals surface area contributed by atoms with Gasteiger partial charge in [0.2, 0.25) is 0 Å². The number of benzene rings is 1. The van der Waals surface area contributed by atoms with Crippen molar-refractivity contribution >= 4 is 17.6 Å². The summed E-state index contributed by atoms with van der Waals surface area (Å²) in [5, 5.41) is 3.65. The molecule has 1 aromatic rings. The van der Waals surface area contributed by atoms with Crippen molar-refractivity contribution < 1.29 is 9.53 Å². The first kappa shape index (κ1) is 16.1. The third-order valence-corrected chi connectivity index (χ3v) is 3.91. The Morgan fingerprint density at radius 1 is 1.48 bits per heavy atom. The number of urea groups is 1. The van der Waals surface area contributed by atoms with Crippen LogP contribution in [0.5, 0.6) is 0 Å². The van der Waals surface area contributed by atoms with Gasteiger partial charge in [-0.3, -0.25) is 0 Å². The lowest BCUT2D eigenvalue weighted by Gasteiger charge is -2.24. The van der Waals surface area contributed by atoms with Crippen LogP contribution in [0.15, 0.2) is 24.3 Å². The molecule has 0 bridgehead atoms. The Balaban J connectivity index is 1.93. The number of hydrogen-bond donors (Lipinski definition) is 1. The van der Waals surface area contributed by atoms with Crippen LogP contribution >= 0.6 is 11.6 Å². The normalized spacial score (nSPS) is 15.6. The molecule has 0 saturated heterocycles. The minimum absolute atomic E-state index is 0.0281. The van der Waals surface area contributed by atoms with Gasteiger partial charge in [0, 0.05) is 30.8 Å². The third kappa shape index (κ3) is 4.90. The summed E-state index contributed by atoms with van der Waals surface area (Å²) in [6.45, 7) is 5.64. The van der Waals surface area contributed by atoms with Crippen LogP contribution in [0.25, 0.3) is 0 Å². The number of hydrogen-bond acceptors (Lipinski definition) is 2. The van der Waals surface area contributed by atoms with E-state index < -0.39 is 0 Å². The zero-order valence-corrected chi connectivity index (χ0v) is 13.4. The predicted octanol–water partition coefficient (Wildman–Crippen LogP) is 3.44. The first-order chi connectivity index (χ1) is 10.1. The van der Waals surface area contributed by atoms with Crippen molar-refractivity contribution in [3.63, 3.8) is 0 Å². The number of nitrogens with zero attached hydrogens (tertiary/aromatic N) is 1. The fourth-order valence-electron chi connectivity index (χ4n) is 2.24. The molecule has 0 aliphatic heterocycles. The van der Waals surface area contributed by atoms with Gasteiger partial charge in [-0.15, -0.1) is 0 Å². The van der Waals surface area contributed by atoms with E-state index in [0.29, 0.717) is 30.8 Å². The Labute approximate surface area is 131 Å². The van der Waals surface area contributed by atoms with Gasteiger partial charge in [0.25, 0.3) is 0 Å². The van der Waals surface area contributed by atoms with E-state index in [1.807, 2.05) is 43.0 Å². The Kier molecular flexibility index (Phi) is 5.88. The highest BCUT2D eigenvalue weighted by atomic mass is 35.5. The van der Waals surface area contributed by atoms with Crippen molar-refractivity contribution in [3.05, 3.63) is 34.9 Å². The molecule has 4 nitrogen and oxygen atoms in total. The molecule has 2 amide bonds. The number of carbonyl (C=O) groups is 1. The lowest BCUT2D eigenvalue weighted by Crippen LogP contribution is -2.43. The van der Waals surface area contributed by atoms with E-state index in [1.165, 1.54) is 0 Å². The summed E-state index contributed by atoms with van der Waals surface area (Å²) in [6.07, 6.45) is 2.16. The molecule has 1 atom stereocenters. The predicted molar refractivity (Wildman–Crippen MR) is 84.5 cm³/mol. The van der Waals surface area contributed by atoms with Gasteiger partial charge < -0.3 is 15.0 Å². The zero-order valence-electron chi connectivity index (χ0n) is 12.6. The number of carbonyl (C=O) groups excluding carboxylic acids is 1. The van der Waals surface area contributed by atoms with Crippen molar-refractivity contribution in [1.82, 2.24) is 10.2 Å². The molecule has 0 heterocycles. The van der Waals surface area contributed by atoms with Gasteiger partial charge in [0.15, 0.2) is 0 Å². The molecular weight excluding hydrogens is 288 g/mol. The summed E-state index contributed by atoms with van der Waals surface area (Å²) in [7, 11) is 0. The lowest BCUT2D eigenvalue weighted by atomic mass is 10.2. The van der Waals surface area contributed by atoms with E-state index in [1.54, 1.807) is 0 Å². The van der Waals surface area contributed by atoms with Crippen LogP contribution in [-0.2, 0) is 11.3 Å². The molecule has 1 aliphatic rings. The maximum Gasteiger partial charge on any atom is 0.318 e. The average Bonchev–Trinajstić information content (AvgIpc) is 3.29. The van der Waals surface area contributed by atoms with Gasteiger partial charge in [-0.25, -0.2) is 4.79 Å². The minimum Gasteiger partial charge on any atom is -0.377 e. The summed E-state index contributed by atoms with van der Waals surface area (Å²) >= 11 is 6.19. The van der Waals surface area contributed by atoms with E-state index in [0.717, 1.165) is 18.4 Å². The van der Waals surface area contributed by atoms with Crippen molar-refractivity contribution in [2.45, 2.75) is 45.4 Å². The van der Waals surface area contributed by atoms with Crippen LogP contribution in [-0.4, -0.2) is 36.2 Å². The number of amides is 2. The maximum absolute atomic E-state index is 12.4. The molecule has 1 unspecified atom stereocenters. The molecule has 0 radical (unpaired) electrons. The maximum atomic E-state index is 12.4. The van der Waals surface area contributed by atoms with Crippen LogP contribution < -0.4 is 5.32 Å². The summed E-state index contributed by atoms with van der Waals surface area (Å²) in [4.78, 5) is 14.2. The van der Waals surface area contributed by atoms with E-state index >= 15 is 0 Å². The van der Waals surface area contributed by atoms with Crippen molar-refractivity contribution in [3.8, 4) is 0 Å². The molecule has 1 N–H and O–H groups in total. The van der Waals surface area contributed by atoms with Crippen molar-refractivity contribution in [1.29, 1.82) is 0 Å². The first-order valence-electron chi connectivity index (χ1n) is 7.51. The van der Waals surface area contributed by atoms with Crippen LogP contribution in [0.4, 0.5) is 4.79 Å². The molecule has 0 aromatic heterocycles. The quantitative estimate of drug-likeness (QED) is 0.838. The SMILES string of the molecule is CCOC(C)CNC(=O)N(Cc1ccccc1Cl)C1CC1. The molecule has 5 heteroatoms. The van der Waals surface area contributed by atoms with Crippen molar-refractivity contribution in [2.24, 2.45) is 0 Å². The van der Waals surface area contributed by atoms with Gasteiger partial charge in [-0.2, -0.15) is 0 Å². The highest BCUT2D eigenvalue weighted by Crippen LogP contribution is 2.29. The van der Waals surface area contributed by atoms with Gasteiger partial charge >= 0.3 is 6.03 Å². The van der Waals surface area contributed by atoms with Crippen LogP contribution in [0.1, 0.15) is 32.3 Å². The Morgan fingerprint density at radius 2 is 2.19 bits per heavy atom. The fraction of sp³-hybridized carbons (Fsp3) is 0.562. The van der Waals surface area contributed by atoms with E-state index in [4.69, 9.17) is 16.3 Å². The molecule has 1 aromatic carbocycles. The van der Waals surface area contributed by atoms with Gasteiger partial charge in [0.1, 0.15) is 0 Å². The molecule has 0 spiro atoms.